The minimum atomic E-state index is -0.648. The molecule has 5 N–H and O–H groups in total. The second kappa shape index (κ2) is 5.40. The Hall–Kier alpha value is -1.63. The van der Waals surface area contributed by atoms with Crippen LogP contribution in [0, 0.1) is 0 Å². The van der Waals surface area contributed by atoms with Crippen LogP contribution in [0.4, 0.5) is 0 Å². The van der Waals surface area contributed by atoms with Crippen LogP contribution in [0.3, 0.4) is 0 Å². The molecule has 1 aromatic carbocycles. The van der Waals surface area contributed by atoms with Crippen LogP contribution in [0.1, 0.15) is 18.4 Å². The van der Waals surface area contributed by atoms with E-state index in [2.05, 4.69) is 20.6 Å². The smallest absolute Gasteiger partial charge is 0.323 e. The lowest BCUT2D eigenvalue weighted by Crippen LogP contribution is -2.51. The number of nitrogens with one attached hydrogen (secondary N) is 4. The van der Waals surface area contributed by atoms with Crippen molar-refractivity contribution in [1.29, 1.82) is 0 Å². The number of aromatic amines is 2. The first-order valence-corrected chi connectivity index (χ1v) is 6.99. The van der Waals surface area contributed by atoms with Gasteiger partial charge in [-0.15, -0.1) is 0 Å². The Kier molecular flexibility index (Phi) is 3.60. The molecule has 3 rings (SSSR count). The number of piperidine rings is 1. The van der Waals surface area contributed by atoms with Gasteiger partial charge in [-0.05, 0) is 37.1 Å². The van der Waals surface area contributed by atoms with E-state index in [1.54, 1.807) is 0 Å². The molecule has 0 radical (unpaired) electrons. The fourth-order valence-electron chi connectivity index (χ4n) is 2.73. The van der Waals surface area contributed by atoms with Gasteiger partial charge in [0.1, 0.15) is 0 Å². The summed E-state index contributed by atoms with van der Waals surface area (Å²) in [5.41, 5.74) is 1.87. The number of rotatable bonds is 4. The Bertz CT molecular complexity index is 640. The van der Waals surface area contributed by atoms with E-state index in [0.29, 0.717) is 19.6 Å². The maximum absolute atomic E-state index is 11.2. The van der Waals surface area contributed by atoms with Gasteiger partial charge in [-0.1, -0.05) is 6.07 Å². The van der Waals surface area contributed by atoms with Crippen LogP contribution in [-0.4, -0.2) is 40.3 Å². The first-order valence-electron chi connectivity index (χ1n) is 6.99. The predicted molar refractivity (Wildman–Crippen MR) is 77.7 cm³/mol. The molecule has 1 atom stereocenters. The SMILES string of the molecule is O=c1[nH]c2ccc(CNCC3(O)CCCNC3)cc2[nH]1. The summed E-state index contributed by atoms with van der Waals surface area (Å²) in [6, 6.07) is 5.81. The molecular formula is C14H20N4O2. The molecule has 0 saturated carbocycles. The van der Waals surface area contributed by atoms with Gasteiger partial charge in [-0.3, -0.25) is 0 Å². The standard InChI is InChI=1S/C14H20N4O2/c19-13-17-11-3-2-10(6-12(11)18-13)7-16-9-14(20)4-1-5-15-8-14/h2-3,6,15-16,20H,1,4-5,7-9H2,(H2,17,18,19). The summed E-state index contributed by atoms with van der Waals surface area (Å²) >= 11 is 0. The molecule has 0 amide bonds. The minimum Gasteiger partial charge on any atom is -0.387 e. The molecule has 2 heterocycles. The van der Waals surface area contributed by atoms with Crippen molar-refractivity contribution in [1.82, 2.24) is 20.6 Å². The number of fused-ring (bicyclic) bond motifs is 1. The van der Waals surface area contributed by atoms with E-state index < -0.39 is 5.60 Å². The summed E-state index contributed by atoms with van der Waals surface area (Å²) < 4.78 is 0. The summed E-state index contributed by atoms with van der Waals surface area (Å²) in [6.45, 7) is 2.87. The molecule has 0 bridgehead atoms. The molecule has 0 aliphatic carbocycles. The Morgan fingerprint density at radius 1 is 1.30 bits per heavy atom. The van der Waals surface area contributed by atoms with E-state index in [9.17, 15) is 9.90 Å². The number of hydrogen-bond donors (Lipinski definition) is 5. The maximum atomic E-state index is 11.2. The molecule has 108 valence electrons. The largest absolute Gasteiger partial charge is 0.387 e. The molecule has 6 heteroatoms. The van der Waals surface area contributed by atoms with Gasteiger partial charge in [0.05, 0.1) is 16.6 Å². The maximum Gasteiger partial charge on any atom is 0.323 e. The monoisotopic (exact) mass is 276 g/mol. The van der Waals surface area contributed by atoms with Crippen molar-refractivity contribution in [2.24, 2.45) is 0 Å². The lowest BCUT2D eigenvalue weighted by atomic mass is 9.94. The molecule has 6 nitrogen and oxygen atoms in total. The van der Waals surface area contributed by atoms with Crippen LogP contribution in [0.5, 0.6) is 0 Å². The van der Waals surface area contributed by atoms with Gasteiger partial charge in [-0.2, -0.15) is 0 Å². The van der Waals surface area contributed by atoms with Crippen molar-refractivity contribution in [3.8, 4) is 0 Å². The third-order valence-electron chi connectivity index (χ3n) is 3.81. The third-order valence-corrected chi connectivity index (χ3v) is 3.81. The number of β-amino-alcohol motifs (C(OH)–C–C–N with tert-alkyl or cyclic N) is 1. The van der Waals surface area contributed by atoms with Gasteiger partial charge in [-0.25, -0.2) is 4.79 Å². The molecule has 1 fully saturated rings. The highest BCUT2D eigenvalue weighted by molar-refractivity contribution is 5.74. The third kappa shape index (κ3) is 2.92. The van der Waals surface area contributed by atoms with Crippen molar-refractivity contribution in [2.75, 3.05) is 19.6 Å². The van der Waals surface area contributed by atoms with Gasteiger partial charge in [0.15, 0.2) is 0 Å². The normalized spacial score (nSPS) is 23.2. The van der Waals surface area contributed by atoms with Crippen LogP contribution in [0.25, 0.3) is 11.0 Å². The van der Waals surface area contributed by atoms with Gasteiger partial charge in [0, 0.05) is 19.6 Å². The second-order valence-electron chi connectivity index (χ2n) is 5.57. The van der Waals surface area contributed by atoms with E-state index >= 15 is 0 Å². The molecule has 1 aliphatic rings. The van der Waals surface area contributed by atoms with Gasteiger partial charge >= 0.3 is 5.69 Å². The molecule has 1 unspecified atom stereocenters. The van der Waals surface area contributed by atoms with Gasteiger partial charge in [0.2, 0.25) is 0 Å². The molecule has 1 aliphatic heterocycles. The van der Waals surface area contributed by atoms with Crippen molar-refractivity contribution in [3.05, 3.63) is 34.2 Å². The van der Waals surface area contributed by atoms with E-state index in [0.717, 1.165) is 36.0 Å². The highest BCUT2D eigenvalue weighted by Gasteiger charge is 2.28. The van der Waals surface area contributed by atoms with Crippen molar-refractivity contribution in [2.45, 2.75) is 25.0 Å². The quantitative estimate of drug-likeness (QED) is 0.546. The zero-order valence-electron chi connectivity index (χ0n) is 11.3. The summed E-state index contributed by atoms with van der Waals surface area (Å²) in [4.78, 5) is 16.7. The molecule has 1 saturated heterocycles. The Labute approximate surface area is 116 Å². The van der Waals surface area contributed by atoms with Crippen molar-refractivity contribution < 1.29 is 5.11 Å². The minimum absolute atomic E-state index is 0.187. The molecular weight excluding hydrogens is 256 g/mol. The topological polar surface area (TPSA) is 92.9 Å². The number of imidazole rings is 1. The lowest BCUT2D eigenvalue weighted by Gasteiger charge is -2.32. The molecule has 20 heavy (non-hydrogen) atoms. The first kappa shape index (κ1) is 13.4. The number of H-pyrrole nitrogens is 2. The number of hydrogen-bond acceptors (Lipinski definition) is 4. The molecule has 0 spiro atoms. The summed E-state index contributed by atoms with van der Waals surface area (Å²) in [5.74, 6) is 0. The van der Waals surface area contributed by atoms with Gasteiger partial charge < -0.3 is 25.7 Å². The first-order chi connectivity index (χ1) is 9.65. The van der Waals surface area contributed by atoms with Crippen molar-refractivity contribution in [3.63, 3.8) is 0 Å². The average molecular weight is 276 g/mol. The zero-order valence-corrected chi connectivity index (χ0v) is 11.3. The highest BCUT2D eigenvalue weighted by Crippen LogP contribution is 2.15. The lowest BCUT2D eigenvalue weighted by molar-refractivity contribution is 0.0169. The Balaban J connectivity index is 1.60. The fraction of sp³-hybridized carbons (Fsp3) is 0.500. The number of aromatic nitrogens is 2. The van der Waals surface area contributed by atoms with E-state index in [1.807, 2.05) is 18.2 Å². The van der Waals surface area contributed by atoms with Crippen LogP contribution < -0.4 is 16.3 Å². The highest BCUT2D eigenvalue weighted by atomic mass is 16.3. The van der Waals surface area contributed by atoms with Crippen LogP contribution in [0.15, 0.2) is 23.0 Å². The zero-order chi connectivity index (χ0) is 14.0. The Morgan fingerprint density at radius 3 is 2.95 bits per heavy atom. The van der Waals surface area contributed by atoms with Crippen molar-refractivity contribution >= 4 is 11.0 Å². The van der Waals surface area contributed by atoms with E-state index in [1.165, 1.54) is 0 Å². The molecule has 1 aromatic heterocycles. The predicted octanol–water partition coefficient (Wildman–Crippen LogP) is 0.0603. The fourth-order valence-corrected chi connectivity index (χ4v) is 2.73. The Morgan fingerprint density at radius 2 is 2.15 bits per heavy atom. The average Bonchev–Trinajstić information content (AvgIpc) is 2.79. The van der Waals surface area contributed by atoms with E-state index in [4.69, 9.17) is 0 Å². The van der Waals surface area contributed by atoms with Gasteiger partial charge in [0.25, 0.3) is 0 Å². The van der Waals surface area contributed by atoms with Crippen LogP contribution in [0.2, 0.25) is 0 Å². The second-order valence-corrected chi connectivity index (χ2v) is 5.57. The van der Waals surface area contributed by atoms with Crippen LogP contribution >= 0.6 is 0 Å². The molecule has 2 aromatic rings. The summed E-state index contributed by atoms with van der Waals surface area (Å²) in [5, 5.41) is 16.9. The number of aliphatic hydroxyl groups is 1. The summed E-state index contributed by atoms with van der Waals surface area (Å²) in [6.07, 6.45) is 1.84. The van der Waals surface area contributed by atoms with Crippen LogP contribution in [-0.2, 0) is 6.54 Å². The van der Waals surface area contributed by atoms with E-state index in [-0.39, 0.29) is 5.69 Å². The summed E-state index contributed by atoms with van der Waals surface area (Å²) in [7, 11) is 0. The number of benzene rings is 1.